The Balaban J connectivity index is 3.44. The summed E-state index contributed by atoms with van der Waals surface area (Å²) in [7, 11) is 0. The second-order valence-corrected chi connectivity index (χ2v) is 8.73. The van der Waals surface area contributed by atoms with E-state index in [1.54, 1.807) is 11.8 Å². The van der Waals surface area contributed by atoms with Gasteiger partial charge in [0.15, 0.2) is 0 Å². The van der Waals surface area contributed by atoms with Crippen LogP contribution >= 0.6 is 11.8 Å². The molecule has 0 heterocycles. The largest absolute Gasteiger partial charge is 0.549 e. The molecule has 0 saturated carbocycles. The van der Waals surface area contributed by atoms with Crippen molar-refractivity contribution in [1.82, 2.24) is 0 Å². The molecule has 3 heteroatoms. The number of unbranched alkanes of at least 4 members (excludes halogenated alkanes) is 14. The molecule has 25 heavy (non-hydrogen) atoms. The lowest BCUT2D eigenvalue weighted by Crippen LogP contribution is -2.33. The number of hydrogen-bond donors (Lipinski definition) is 0. The Morgan fingerprint density at radius 2 is 1.08 bits per heavy atom. The lowest BCUT2D eigenvalue weighted by atomic mass is 10.1. The van der Waals surface area contributed by atoms with E-state index in [0.29, 0.717) is 0 Å². The highest BCUT2D eigenvalue weighted by Crippen LogP contribution is 2.20. The normalized spacial score (nSPS) is 12.4. The maximum atomic E-state index is 11.2. The van der Waals surface area contributed by atoms with Gasteiger partial charge in [-0.3, -0.25) is 0 Å². The summed E-state index contributed by atoms with van der Waals surface area (Å²) in [6.45, 7) is 4.48. The molecule has 1 unspecified atom stereocenters. The number of aliphatic carboxylic acids is 1. The van der Waals surface area contributed by atoms with Crippen LogP contribution in [0.3, 0.4) is 0 Å². The van der Waals surface area contributed by atoms with Crippen molar-refractivity contribution in [2.45, 2.75) is 128 Å². The Kier molecular flexibility index (Phi) is 20.0. The van der Waals surface area contributed by atoms with Gasteiger partial charge >= 0.3 is 0 Å². The van der Waals surface area contributed by atoms with Gasteiger partial charge in [-0.2, -0.15) is 11.8 Å². The number of thioether (sulfide) groups is 1. The van der Waals surface area contributed by atoms with E-state index in [1.807, 2.05) is 0 Å². The molecule has 1 atom stereocenters. The van der Waals surface area contributed by atoms with Crippen LogP contribution in [-0.2, 0) is 4.79 Å². The average molecular weight is 372 g/mol. The van der Waals surface area contributed by atoms with Crippen molar-refractivity contribution < 1.29 is 9.90 Å². The lowest BCUT2D eigenvalue weighted by Gasteiger charge is -2.17. The van der Waals surface area contributed by atoms with Crippen molar-refractivity contribution in [3.8, 4) is 0 Å². The Bertz CT molecular complexity index is 281. The van der Waals surface area contributed by atoms with Gasteiger partial charge in [0.2, 0.25) is 0 Å². The highest BCUT2D eigenvalue weighted by Gasteiger charge is 2.09. The van der Waals surface area contributed by atoms with E-state index in [9.17, 15) is 9.90 Å². The standard InChI is InChI=1S/C22H44O2S/c1-3-5-7-9-11-12-13-14-16-18-20-25-21(22(23)24)19-17-15-10-8-6-4-2/h21H,3-20H2,1-2H3,(H,23,24)/p-1. The molecule has 0 N–H and O–H groups in total. The number of carboxylic acid groups (broad SMARTS) is 1. The predicted octanol–water partition coefficient (Wildman–Crippen LogP) is 6.51. The Morgan fingerprint density at radius 3 is 1.52 bits per heavy atom. The van der Waals surface area contributed by atoms with Crippen LogP contribution in [0.25, 0.3) is 0 Å². The quantitative estimate of drug-likeness (QED) is 0.229. The average Bonchev–Trinajstić information content (AvgIpc) is 2.60. The molecule has 150 valence electrons. The minimum atomic E-state index is -0.856. The summed E-state index contributed by atoms with van der Waals surface area (Å²) in [6.07, 6.45) is 21.4. The van der Waals surface area contributed by atoms with E-state index < -0.39 is 5.97 Å². The molecule has 0 radical (unpaired) electrons. The second kappa shape index (κ2) is 20.1. The van der Waals surface area contributed by atoms with Gasteiger partial charge in [-0.1, -0.05) is 110 Å². The first-order valence-electron chi connectivity index (χ1n) is 11.0. The van der Waals surface area contributed by atoms with Gasteiger partial charge in [0, 0.05) is 5.25 Å². The van der Waals surface area contributed by atoms with Gasteiger partial charge in [0.1, 0.15) is 0 Å². The van der Waals surface area contributed by atoms with Crippen LogP contribution in [0, 0.1) is 0 Å². The van der Waals surface area contributed by atoms with Gasteiger partial charge in [0.05, 0.1) is 5.97 Å². The topological polar surface area (TPSA) is 40.1 Å². The van der Waals surface area contributed by atoms with Gasteiger partial charge in [-0.05, 0) is 18.6 Å². The molecule has 0 aromatic rings. The van der Waals surface area contributed by atoms with E-state index in [4.69, 9.17) is 0 Å². The summed E-state index contributed by atoms with van der Waals surface area (Å²) in [6, 6.07) is 0. The van der Waals surface area contributed by atoms with Gasteiger partial charge in [0.25, 0.3) is 0 Å². The minimum absolute atomic E-state index is 0.287. The van der Waals surface area contributed by atoms with Crippen LogP contribution < -0.4 is 5.11 Å². The van der Waals surface area contributed by atoms with Gasteiger partial charge in [-0.25, -0.2) is 0 Å². The molecule has 0 aliphatic carbocycles. The lowest BCUT2D eigenvalue weighted by molar-refractivity contribution is -0.304. The summed E-state index contributed by atoms with van der Waals surface area (Å²) >= 11 is 1.61. The smallest absolute Gasteiger partial charge is 0.0544 e. The molecule has 0 saturated heterocycles. The molecule has 0 aliphatic heterocycles. The first-order chi connectivity index (χ1) is 12.2. The molecular formula is C22H43O2S-. The highest BCUT2D eigenvalue weighted by atomic mass is 32.2. The molecule has 0 spiro atoms. The molecule has 0 aliphatic rings. The van der Waals surface area contributed by atoms with E-state index in [2.05, 4.69) is 13.8 Å². The molecule has 0 fully saturated rings. The number of carboxylic acids is 1. The Morgan fingerprint density at radius 1 is 0.680 bits per heavy atom. The van der Waals surface area contributed by atoms with Crippen molar-refractivity contribution in [2.24, 2.45) is 0 Å². The molecule has 0 rings (SSSR count). The third-order valence-electron chi connectivity index (χ3n) is 4.90. The number of hydrogen-bond acceptors (Lipinski definition) is 3. The van der Waals surface area contributed by atoms with Gasteiger partial charge in [-0.15, -0.1) is 0 Å². The molecule has 0 aromatic heterocycles. The highest BCUT2D eigenvalue weighted by molar-refractivity contribution is 8.00. The number of rotatable bonds is 20. The SMILES string of the molecule is CCCCCCCCCCCCSC(CCCCCCCC)C(=O)[O-]. The molecular weight excluding hydrogens is 328 g/mol. The van der Waals surface area contributed by atoms with Crippen molar-refractivity contribution in [3.63, 3.8) is 0 Å². The first-order valence-corrected chi connectivity index (χ1v) is 12.1. The molecule has 0 bridgehead atoms. The van der Waals surface area contributed by atoms with E-state index in [-0.39, 0.29) is 5.25 Å². The summed E-state index contributed by atoms with van der Waals surface area (Å²) in [5.41, 5.74) is 0. The first kappa shape index (κ1) is 24.8. The minimum Gasteiger partial charge on any atom is -0.549 e. The zero-order valence-electron chi connectivity index (χ0n) is 17.0. The molecule has 0 aromatic carbocycles. The maximum absolute atomic E-state index is 11.2. The van der Waals surface area contributed by atoms with Crippen LogP contribution in [0.5, 0.6) is 0 Å². The number of carbonyl (C=O) groups excluding carboxylic acids is 1. The van der Waals surface area contributed by atoms with Crippen LogP contribution in [0.2, 0.25) is 0 Å². The number of carbonyl (C=O) groups is 1. The third kappa shape index (κ3) is 18.4. The van der Waals surface area contributed by atoms with E-state index >= 15 is 0 Å². The van der Waals surface area contributed by atoms with Crippen LogP contribution in [0.4, 0.5) is 0 Å². The molecule has 2 nitrogen and oxygen atoms in total. The maximum Gasteiger partial charge on any atom is 0.0544 e. The van der Waals surface area contributed by atoms with Gasteiger partial charge < -0.3 is 9.90 Å². The van der Waals surface area contributed by atoms with Crippen LogP contribution in [0.15, 0.2) is 0 Å². The zero-order chi connectivity index (χ0) is 18.6. The Labute approximate surface area is 161 Å². The summed E-state index contributed by atoms with van der Waals surface area (Å²) in [4.78, 5) is 11.2. The Hall–Kier alpha value is -0.180. The fourth-order valence-electron chi connectivity index (χ4n) is 3.19. The third-order valence-corrected chi connectivity index (χ3v) is 6.25. The predicted molar refractivity (Wildman–Crippen MR) is 111 cm³/mol. The van der Waals surface area contributed by atoms with E-state index in [0.717, 1.165) is 25.0 Å². The fourth-order valence-corrected chi connectivity index (χ4v) is 4.32. The van der Waals surface area contributed by atoms with Crippen molar-refractivity contribution >= 4 is 17.7 Å². The zero-order valence-corrected chi connectivity index (χ0v) is 17.8. The summed E-state index contributed by atoms with van der Waals surface area (Å²) < 4.78 is 0. The monoisotopic (exact) mass is 371 g/mol. The fraction of sp³-hybridized carbons (Fsp3) is 0.955. The molecule has 0 amide bonds. The summed E-state index contributed by atoms with van der Waals surface area (Å²) in [5.74, 6) is 0.121. The van der Waals surface area contributed by atoms with Crippen LogP contribution in [-0.4, -0.2) is 17.0 Å². The van der Waals surface area contributed by atoms with Crippen molar-refractivity contribution in [1.29, 1.82) is 0 Å². The summed E-state index contributed by atoms with van der Waals surface area (Å²) in [5, 5.41) is 11.0. The second-order valence-electron chi connectivity index (χ2n) is 7.42. The van der Waals surface area contributed by atoms with Crippen molar-refractivity contribution in [2.75, 3.05) is 5.75 Å². The van der Waals surface area contributed by atoms with Crippen molar-refractivity contribution in [3.05, 3.63) is 0 Å². The van der Waals surface area contributed by atoms with Crippen LogP contribution in [0.1, 0.15) is 123 Å². The van der Waals surface area contributed by atoms with E-state index in [1.165, 1.54) is 89.9 Å².